The Morgan fingerprint density at radius 2 is 1.66 bits per heavy atom. The van der Waals surface area contributed by atoms with Gasteiger partial charge in [-0.05, 0) is 71.5 Å². The van der Waals surface area contributed by atoms with E-state index in [1.165, 1.54) is 18.2 Å². The molecule has 0 saturated carbocycles. The van der Waals surface area contributed by atoms with Crippen molar-refractivity contribution in [1.29, 1.82) is 0 Å². The molecule has 160 valence electrons. The molecule has 1 aromatic carbocycles. The van der Waals surface area contributed by atoms with Crippen LogP contribution in [0.2, 0.25) is 0 Å². The third-order valence-electron chi connectivity index (χ3n) is 4.66. The number of carbonyl (C=O) groups is 1. The van der Waals surface area contributed by atoms with Crippen LogP contribution in [0.1, 0.15) is 75.6 Å². The standard InChI is InChI=1S/C21H28FNO4S2/c1-12(2)16-8-15(22)9-17(13(3)4)18(16)10-19(24)23-29(26,27)20-7-14(11-28-20)21(5,6)25/h7-9,11-13,25H,10H2,1-6H3,(H,23,24). The molecule has 8 heteroatoms. The third-order valence-corrected chi connectivity index (χ3v) is 7.47. The van der Waals surface area contributed by atoms with Crippen molar-refractivity contribution in [3.8, 4) is 0 Å². The maximum absolute atomic E-state index is 14.0. The van der Waals surface area contributed by atoms with E-state index in [1.54, 1.807) is 19.2 Å². The van der Waals surface area contributed by atoms with Crippen molar-refractivity contribution in [2.75, 3.05) is 0 Å². The summed E-state index contributed by atoms with van der Waals surface area (Å²) in [7, 11) is -4.06. The van der Waals surface area contributed by atoms with Crippen molar-refractivity contribution >= 4 is 27.3 Å². The predicted octanol–water partition coefficient (Wildman–Crippen LogP) is 4.41. The van der Waals surface area contributed by atoms with Crippen molar-refractivity contribution in [2.24, 2.45) is 0 Å². The minimum atomic E-state index is -4.06. The molecule has 0 spiro atoms. The van der Waals surface area contributed by atoms with E-state index in [2.05, 4.69) is 4.72 Å². The highest BCUT2D eigenvalue weighted by atomic mass is 32.2. The smallest absolute Gasteiger partial charge is 0.273 e. The predicted molar refractivity (Wildman–Crippen MR) is 113 cm³/mol. The van der Waals surface area contributed by atoms with E-state index in [0.29, 0.717) is 22.3 Å². The molecule has 0 radical (unpaired) electrons. The lowest BCUT2D eigenvalue weighted by molar-refractivity contribution is -0.118. The quantitative estimate of drug-likeness (QED) is 0.667. The number of carbonyl (C=O) groups excluding carboxylic acids is 1. The van der Waals surface area contributed by atoms with Crippen LogP contribution in [0.15, 0.2) is 27.8 Å². The summed E-state index contributed by atoms with van der Waals surface area (Å²) in [6.07, 6.45) is -0.162. The number of benzene rings is 1. The molecule has 0 bridgehead atoms. The Morgan fingerprint density at radius 1 is 1.14 bits per heavy atom. The van der Waals surface area contributed by atoms with Crippen molar-refractivity contribution in [2.45, 2.75) is 69.6 Å². The van der Waals surface area contributed by atoms with E-state index in [9.17, 15) is 22.7 Å². The normalized spacial score (nSPS) is 12.6. The van der Waals surface area contributed by atoms with Gasteiger partial charge in [0.25, 0.3) is 10.0 Å². The summed E-state index contributed by atoms with van der Waals surface area (Å²) in [4.78, 5) is 12.6. The van der Waals surface area contributed by atoms with Gasteiger partial charge in [-0.1, -0.05) is 27.7 Å². The molecule has 2 aromatic rings. The number of hydrogen-bond acceptors (Lipinski definition) is 5. The summed E-state index contributed by atoms with van der Waals surface area (Å²) in [6, 6.07) is 4.17. The molecule has 0 aliphatic heterocycles. The second-order valence-corrected chi connectivity index (χ2v) is 11.1. The lowest BCUT2D eigenvalue weighted by Gasteiger charge is -2.20. The van der Waals surface area contributed by atoms with Crippen LogP contribution in [0.3, 0.4) is 0 Å². The third kappa shape index (κ3) is 5.65. The maximum atomic E-state index is 14.0. The molecule has 0 atom stereocenters. The van der Waals surface area contributed by atoms with Gasteiger partial charge in [-0.3, -0.25) is 4.79 Å². The van der Waals surface area contributed by atoms with E-state index in [4.69, 9.17) is 0 Å². The Hall–Kier alpha value is -1.77. The topological polar surface area (TPSA) is 83.5 Å². The van der Waals surface area contributed by atoms with Crippen LogP contribution in [0.25, 0.3) is 0 Å². The van der Waals surface area contributed by atoms with Gasteiger partial charge in [-0.25, -0.2) is 17.5 Å². The van der Waals surface area contributed by atoms with E-state index in [0.717, 1.165) is 11.3 Å². The van der Waals surface area contributed by atoms with Crippen molar-refractivity contribution in [3.05, 3.63) is 51.7 Å². The number of sulfonamides is 1. The number of nitrogens with one attached hydrogen (secondary N) is 1. The van der Waals surface area contributed by atoms with Crippen molar-refractivity contribution < 1.29 is 22.7 Å². The van der Waals surface area contributed by atoms with Gasteiger partial charge in [0.2, 0.25) is 5.91 Å². The first-order valence-corrected chi connectivity index (χ1v) is 11.8. The molecule has 0 aliphatic carbocycles. The SMILES string of the molecule is CC(C)c1cc(F)cc(C(C)C)c1CC(=O)NS(=O)(=O)c1cc(C(C)(C)O)cs1. The molecule has 1 heterocycles. The average molecular weight is 442 g/mol. The summed E-state index contributed by atoms with van der Waals surface area (Å²) in [5, 5.41) is 11.6. The molecule has 0 fully saturated rings. The van der Waals surface area contributed by atoms with Gasteiger partial charge in [0.05, 0.1) is 12.0 Å². The molecule has 0 saturated heterocycles. The van der Waals surface area contributed by atoms with E-state index < -0.39 is 21.5 Å². The first-order chi connectivity index (χ1) is 13.2. The Labute approximate surface area is 176 Å². The van der Waals surface area contributed by atoms with Gasteiger partial charge < -0.3 is 5.11 Å². The van der Waals surface area contributed by atoms with Gasteiger partial charge >= 0.3 is 0 Å². The highest BCUT2D eigenvalue weighted by Gasteiger charge is 2.26. The Balaban J connectivity index is 2.32. The molecule has 5 nitrogen and oxygen atoms in total. The van der Waals surface area contributed by atoms with Crippen LogP contribution < -0.4 is 4.72 Å². The zero-order valence-corrected chi connectivity index (χ0v) is 19.2. The van der Waals surface area contributed by atoms with Gasteiger partial charge in [0, 0.05) is 0 Å². The molecule has 29 heavy (non-hydrogen) atoms. The van der Waals surface area contributed by atoms with Crippen LogP contribution in [-0.4, -0.2) is 19.4 Å². The molecule has 0 unspecified atom stereocenters. The molecule has 1 amide bonds. The zero-order valence-electron chi connectivity index (χ0n) is 17.5. The van der Waals surface area contributed by atoms with Crippen molar-refractivity contribution in [1.82, 2.24) is 4.72 Å². The lowest BCUT2D eigenvalue weighted by Crippen LogP contribution is -2.32. The molecule has 2 rings (SSSR count). The van der Waals surface area contributed by atoms with Gasteiger partial charge in [-0.2, -0.15) is 0 Å². The second kappa shape index (κ2) is 8.53. The average Bonchev–Trinajstić information content (AvgIpc) is 3.06. The van der Waals surface area contributed by atoms with Crippen molar-refractivity contribution in [3.63, 3.8) is 0 Å². The van der Waals surface area contributed by atoms with Crippen LogP contribution in [0, 0.1) is 5.82 Å². The lowest BCUT2D eigenvalue weighted by atomic mass is 9.87. The molecule has 2 N–H and O–H groups in total. The van der Waals surface area contributed by atoms with Crippen LogP contribution in [-0.2, 0) is 26.8 Å². The second-order valence-electron chi connectivity index (χ2n) is 8.29. The zero-order chi connectivity index (χ0) is 22.1. The van der Waals surface area contributed by atoms with Crippen LogP contribution in [0.5, 0.6) is 0 Å². The summed E-state index contributed by atoms with van der Waals surface area (Å²) in [5.41, 5.74) is 1.33. The van der Waals surface area contributed by atoms with Crippen LogP contribution in [0.4, 0.5) is 4.39 Å². The fourth-order valence-corrected chi connectivity index (χ4v) is 5.41. The Morgan fingerprint density at radius 3 is 2.07 bits per heavy atom. The molecular formula is C21H28FNO4S2. The minimum Gasteiger partial charge on any atom is -0.386 e. The fourth-order valence-electron chi connectivity index (χ4n) is 3.09. The summed E-state index contributed by atoms with van der Waals surface area (Å²) < 4.78 is 41.3. The summed E-state index contributed by atoms with van der Waals surface area (Å²) >= 11 is 0.937. The number of aliphatic hydroxyl groups is 1. The minimum absolute atomic E-state index is 0.0192. The van der Waals surface area contributed by atoms with Crippen LogP contribution >= 0.6 is 11.3 Å². The highest BCUT2D eigenvalue weighted by Crippen LogP contribution is 2.30. The number of rotatable bonds is 7. The number of thiophene rings is 1. The van der Waals surface area contributed by atoms with E-state index >= 15 is 0 Å². The summed E-state index contributed by atoms with van der Waals surface area (Å²) in [5.74, 6) is -1.09. The van der Waals surface area contributed by atoms with Gasteiger partial charge in [-0.15, -0.1) is 11.3 Å². The number of hydrogen-bond donors (Lipinski definition) is 2. The summed E-state index contributed by atoms with van der Waals surface area (Å²) in [6.45, 7) is 10.7. The maximum Gasteiger partial charge on any atom is 0.273 e. The molecule has 0 aliphatic rings. The number of halogens is 1. The first-order valence-electron chi connectivity index (χ1n) is 9.41. The first kappa shape index (κ1) is 23.5. The van der Waals surface area contributed by atoms with Gasteiger partial charge in [0.1, 0.15) is 10.0 Å². The molecular weight excluding hydrogens is 413 g/mol. The monoisotopic (exact) mass is 441 g/mol. The van der Waals surface area contributed by atoms with E-state index in [1.807, 2.05) is 27.7 Å². The fraction of sp³-hybridized carbons (Fsp3) is 0.476. The Bertz CT molecular complexity index is 973. The Kier molecular flexibility index (Phi) is 6.92. The van der Waals surface area contributed by atoms with Gasteiger partial charge in [0.15, 0.2) is 0 Å². The molecule has 1 aromatic heterocycles. The highest BCUT2D eigenvalue weighted by molar-refractivity contribution is 7.92. The van der Waals surface area contributed by atoms with E-state index in [-0.39, 0.29) is 28.3 Å². The largest absolute Gasteiger partial charge is 0.386 e. The number of amides is 1.